The Hall–Kier alpha value is -4.46. The number of primary amides is 1. The summed E-state index contributed by atoms with van der Waals surface area (Å²) in [5, 5.41) is 24.3. The molecule has 210 valence electrons. The van der Waals surface area contributed by atoms with E-state index in [1.165, 1.54) is 29.6 Å². The molecule has 1 saturated heterocycles. The number of hydrogen-bond donors (Lipinski definition) is 7. The number of hydrogen-bond acceptors (Lipinski definition) is 8. The van der Waals surface area contributed by atoms with E-state index >= 15 is 0 Å². The Kier molecular flexibility index (Phi) is 9.98. The minimum atomic E-state index is -1.24. The fourth-order valence-electron chi connectivity index (χ4n) is 4.36. The van der Waals surface area contributed by atoms with Crippen LogP contribution in [-0.4, -0.2) is 85.4 Å². The number of aromatic amines is 1. The summed E-state index contributed by atoms with van der Waals surface area (Å²) < 4.78 is 0. The van der Waals surface area contributed by atoms with Crippen molar-refractivity contribution in [2.24, 2.45) is 11.5 Å². The zero-order valence-electron chi connectivity index (χ0n) is 21.2. The van der Waals surface area contributed by atoms with Crippen LogP contribution in [0.1, 0.15) is 36.9 Å². The van der Waals surface area contributed by atoms with Crippen molar-refractivity contribution in [1.82, 2.24) is 25.5 Å². The molecule has 14 nitrogen and oxygen atoms in total. The van der Waals surface area contributed by atoms with Gasteiger partial charge in [0.2, 0.25) is 23.6 Å². The number of nitrogens with one attached hydrogen (secondary N) is 3. The number of H-pyrrole nitrogens is 1. The molecule has 2 aromatic rings. The van der Waals surface area contributed by atoms with Gasteiger partial charge in [0.25, 0.3) is 0 Å². The molecule has 39 heavy (non-hydrogen) atoms. The van der Waals surface area contributed by atoms with Gasteiger partial charge in [0.05, 0.1) is 12.4 Å². The zero-order valence-corrected chi connectivity index (χ0v) is 21.2. The number of aromatic hydroxyl groups is 1. The Morgan fingerprint density at radius 2 is 1.82 bits per heavy atom. The second kappa shape index (κ2) is 13.4. The van der Waals surface area contributed by atoms with Gasteiger partial charge in [-0.1, -0.05) is 12.1 Å². The van der Waals surface area contributed by atoms with E-state index in [1.54, 1.807) is 12.1 Å². The fraction of sp³-hybridized carbons (Fsp3) is 0.440. The SMILES string of the molecule is NC(=O)CCC(N)C(=O)NC(Cc1ccc(O)cc1)C(=O)N1CCCC1C(=O)NC(Cc1cnc[nH]1)C(=O)O. The predicted octanol–water partition coefficient (Wildman–Crippen LogP) is -1.46. The van der Waals surface area contributed by atoms with E-state index in [0.29, 0.717) is 24.1 Å². The maximum atomic E-state index is 13.7. The Morgan fingerprint density at radius 1 is 1.10 bits per heavy atom. The molecule has 0 aliphatic carbocycles. The lowest BCUT2D eigenvalue weighted by Crippen LogP contribution is -2.57. The van der Waals surface area contributed by atoms with Crippen molar-refractivity contribution >= 4 is 29.6 Å². The van der Waals surface area contributed by atoms with E-state index in [4.69, 9.17) is 11.5 Å². The zero-order chi connectivity index (χ0) is 28.5. The van der Waals surface area contributed by atoms with Crippen molar-refractivity contribution < 1.29 is 34.2 Å². The number of likely N-dealkylation sites (tertiary alicyclic amines) is 1. The quantitative estimate of drug-likeness (QED) is 0.156. The smallest absolute Gasteiger partial charge is 0.326 e. The first-order valence-electron chi connectivity index (χ1n) is 12.5. The molecule has 2 heterocycles. The van der Waals surface area contributed by atoms with Crippen molar-refractivity contribution in [3.8, 4) is 5.75 Å². The molecular formula is C25H33N7O7. The van der Waals surface area contributed by atoms with Crippen LogP contribution < -0.4 is 22.1 Å². The third-order valence-electron chi connectivity index (χ3n) is 6.46. The number of carbonyl (C=O) groups excluding carboxylic acids is 4. The molecule has 0 bridgehead atoms. The van der Waals surface area contributed by atoms with E-state index in [1.807, 2.05) is 0 Å². The number of amides is 4. The lowest BCUT2D eigenvalue weighted by molar-refractivity contribution is -0.145. The molecular weight excluding hydrogens is 510 g/mol. The molecule has 1 aromatic heterocycles. The molecule has 0 saturated carbocycles. The van der Waals surface area contributed by atoms with Crippen molar-refractivity contribution in [3.63, 3.8) is 0 Å². The number of carboxylic acid groups (broad SMARTS) is 1. The molecule has 1 aliphatic heterocycles. The molecule has 1 aromatic carbocycles. The van der Waals surface area contributed by atoms with Crippen molar-refractivity contribution in [3.05, 3.63) is 48.0 Å². The van der Waals surface area contributed by atoms with Crippen molar-refractivity contribution in [2.45, 2.75) is 62.7 Å². The molecule has 0 radical (unpaired) electrons. The van der Waals surface area contributed by atoms with E-state index in [2.05, 4.69) is 20.6 Å². The number of carboxylic acids is 1. The van der Waals surface area contributed by atoms with Crippen LogP contribution in [-0.2, 0) is 36.8 Å². The van der Waals surface area contributed by atoms with Gasteiger partial charge in [-0.2, -0.15) is 0 Å². The minimum absolute atomic E-state index is 0.0110. The Labute approximate surface area is 224 Å². The van der Waals surface area contributed by atoms with Gasteiger partial charge in [0.15, 0.2) is 0 Å². The number of aliphatic carboxylic acids is 1. The number of phenolic OH excluding ortho intramolecular Hbond substituents is 1. The van der Waals surface area contributed by atoms with E-state index in [-0.39, 0.29) is 38.0 Å². The average molecular weight is 544 g/mol. The number of nitrogens with zero attached hydrogens (tertiary/aromatic N) is 2. The number of phenols is 1. The summed E-state index contributed by atoms with van der Waals surface area (Å²) in [5.74, 6) is -3.67. The molecule has 4 atom stereocenters. The highest BCUT2D eigenvalue weighted by Gasteiger charge is 2.39. The van der Waals surface area contributed by atoms with Gasteiger partial charge in [-0.3, -0.25) is 19.2 Å². The largest absolute Gasteiger partial charge is 0.508 e. The van der Waals surface area contributed by atoms with Crippen LogP contribution in [0.2, 0.25) is 0 Å². The number of aromatic nitrogens is 2. The minimum Gasteiger partial charge on any atom is -0.508 e. The summed E-state index contributed by atoms with van der Waals surface area (Å²) in [6.45, 7) is 0.227. The maximum Gasteiger partial charge on any atom is 0.326 e. The van der Waals surface area contributed by atoms with Crippen molar-refractivity contribution in [1.29, 1.82) is 0 Å². The number of carbonyl (C=O) groups is 5. The van der Waals surface area contributed by atoms with Gasteiger partial charge < -0.3 is 42.2 Å². The summed E-state index contributed by atoms with van der Waals surface area (Å²) in [4.78, 5) is 70.4. The van der Waals surface area contributed by atoms with E-state index in [0.717, 1.165) is 0 Å². The monoisotopic (exact) mass is 543 g/mol. The fourth-order valence-corrected chi connectivity index (χ4v) is 4.36. The summed E-state index contributed by atoms with van der Waals surface area (Å²) in [7, 11) is 0. The van der Waals surface area contributed by atoms with Crippen LogP contribution in [0.15, 0.2) is 36.8 Å². The number of rotatable bonds is 13. The Morgan fingerprint density at radius 3 is 2.44 bits per heavy atom. The molecule has 1 aliphatic rings. The average Bonchev–Trinajstić information content (AvgIpc) is 3.59. The third kappa shape index (κ3) is 8.26. The van der Waals surface area contributed by atoms with Gasteiger partial charge in [0.1, 0.15) is 23.9 Å². The lowest BCUT2D eigenvalue weighted by atomic mass is 10.0. The summed E-state index contributed by atoms with van der Waals surface area (Å²) in [6.07, 6.45) is 3.56. The number of imidazole rings is 1. The van der Waals surface area contributed by atoms with Crippen LogP contribution in [0.5, 0.6) is 5.75 Å². The summed E-state index contributed by atoms with van der Waals surface area (Å²) >= 11 is 0. The van der Waals surface area contributed by atoms with Gasteiger partial charge in [-0.05, 0) is 37.0 Å². The highest BCUT2D eigenvalue weighted by Crippen LogP contribution is 2.21. The standard InChI is InChI=1S/C25H33N7O7/c26-17(7-8-21(27)34)22(35)30-18(10-14-3-5-16(33)6-4-14)24(37)32-9-1-2-20(32)23(36)31-19(25(38)39)11-15-12-28-13-29-15/h3-6,12-13,17-20,33H,1-2,7-11,26H2,(H2,27,34)(H,28,29)(H,30,35)(H,31,36)(H,38,39). The van der Waals surface area contributed by atoms with Gasteiger partial charge in [0, 0.05) is 37.7 Å². The van der Waals surface area contributed by atoms with Crippen LogP contribution in [0, 0.1) is 0 Å². The van der Waals surface area contributed by atoms with Gasteiger partial charge in [-0.15, -0.1) is 0 Å². The van der Waals surface area contributed by atoms with Crippen molar-refractivity contribution in [2.75, 3.05) is 6.54 Å². The van der Waals surface area contributed by atoms with E-state index < -0.39 is 53.8 Å². The molecule has 1 fully saturated rings. The first-order chi connectivity index (χ1) is 18.5. The second-order valence-corrected chi connectivity index (χ2v) is 9.41. The van der Waals surface area contributed by atoms with Crippen LogP contribution in [0.4, 0.5) is 0 Å². The van der Waals surface area contributed by atoms with Gasteiger partial charge in [-0.25, -0.2) is 9.78 Å². The predicted molar refractivity (Wildman–Crippen MR) is 137 cm³/mol. The lowest BCUT2D eigenvalue weighted by Gasteiger charge is -2.30. The molecule has 9 N–H and O–H groups in total. The second-order valence-electron chi connectivity index (χ2n) is 9.41. The van der Waals surface area contributed by atoms with Crippen LogP contribution in [0.3, 0.4) is 0 Å². The van der Waals surface area contributed by atoms with Crippen LogP contribution in [0.25, 0.3) is 0 Å². The van der Waals surface area contributed by atoms with Crippen LogP contribution >= 0.6 is 0 Å². The number of benzene rings is 1. The Balaban J connectivity index is 1.75. The van der Waals surface area contributed by atoms with Gasteiger partial charge >= 0.3 is 5.97 Å². The topological polar surface area (TPSA) is 234 Å². The normalized spacial score (nSPS) is 17.2. The van der Waals surface area contributed by atoms with E-state index in [9.17, 15) is 34.2 Å². The molecule has 4 amide bonds. The number of nitrogens with two attached hydrogens (primary N) is 2. The highest BCUT2D eigenvalue weighted by atomic mass is 16.4. The summed E-state index contributed by atoms with van der Waals surface area (Å²) in [6, 6.07) is 1.67. The first kappa shape index (κ1) is 29.1. The molecule has 14 heteroatoms. The molecule has 0 spiro atoms. The molecule has 3 rings (SSSR count). The Bertz CT molecular complexity index is 1170. The first-order valence-corrected chi connectivity index (χ1v) is 12.5. The maximum absolute atomic E-state index is 13.7. The summed E-state index contributed by atoms with van der Waals surface area (Å²) in [5.41, 5.74) is 12.2. The third-order valence-corrected chi connectivity index (χ3v) is 6.46. The highest BCUT2D eigenvalue weighted by molar-refractivity contribution is 5.94. The molecule has 4 unspecified atom stereocenters.